The fraction of sp³-hybridized carbons (Fsp3) is 0.353. The highest BCUT2D eigenvalue weighted by Crippen LogP contribution is 2.31. The first-order valence-electron chi connectivity index (χ1n) is 7.51. The van der Waals surface area contributed by atoms with Gasteiger partial charge in [0.1, 0.15) is 11.5 Å². The van der Waals surface area contributed by atoms with Gasteiger partial charge in [0, 0.05) is 19.3 Å². The van der Waals surface area contributed by atoms with Crippen molar-refractivity contribution in [2.75, 3.05) is 13.1 Å². The zero-order valence-corrected chi connectivity index (χ0v) is 12.2. The molecule has 0 spiro atoms. The van der Waals surface area contributed by atoms with Gasteiger partial charge in [-0.15, -0.1) is 0 Å². The maximum atomic E-state index is 12.9. The average Bonchev–Trinajstić information content (AvgIpc) is 3.09. The van der Waals surface area contributed by atoms with Crippen LogP contribution in [-0.4, -0.2) is 34.0 Å². The largest absolute Gasteiger partial charge is 0.388 e. The van der Waals surface area contributed by atoms with E-state index < -0.39 is 6.10 Å². The molecular formula is C17H19FN2O2. The first kappa shape index (κ1) is 14.8. The van der Waals surface area contributed by atoms with E-state index in [-0.39, 0.29) is 17.6 Å². The van der Waals surface area contributed by atoms with Crippen molar-refractivity contribution in [2.45, 2.75) is 18.9 Å². The molecule has 1 atom stereocenters. The second-order valence-corrected chi connectivity index (χ2v) is 5.71. The van der Waals surface area contributed by atoms with Crippen LogP contribution in [0.5, 0.6) is 0 Å². The summed E-state index contributed by atoms with van der Waals surface area (Å²) in [5, 5.41) is 10.4. The van der Waals surface area contributed by atoms with Crippen molar-refractivity contribution in [2.24, 2.45) is 5.92 Å². The lowest BCUT2D eigenvalue weighted by Crippen LogP contribution is -2.39. The lowest BCUT2D eigenvalue weighted by molar-refractivity contribution is 0.0459. The maximum absolute atomic E-state index is 12.9. The van der Waals surface area contributed by atoms with Gasteiger partial charge in [-0.1, -0.05) is 12.1 Å². The molecule has 1 unspecified atom stereocenters. The summed E-state index contributed by atoms with van der Waals surface area (Å²) >= 11 is 0. The number of aromatic amines is 1. The van der Waals surface area contributed by atoms with Gasteiger partial charge >= 0.3 is 0 Å². The van der Waals surface area contributed by atoms with Crippen molar-refractivity contribution in [3.8, 4) is 0 Å². The minimum atomic E-state index is -0.608. The molecule has 1 aromatic carbocycles. The van der Waals surface area contributed by atoms with E-state index in [1.807, 2.05) is 0 Å². The fourth-order valence-electron chi connectivity index (χ4n) is 2.98. The molecule has 1 amide bonds. The molecule has 0 saturated carbocycles. The van der Waals surface area contributed by atoms with Crippen LogP contribution in [0.3, 0.4) is 0 Å². The summed E-state index contributed by atoms with van der Waals surface area (Å²) < 4.78 is 12.9. The lowest BCUT2D eigenvalue weighted by Gasteiger charge is -2.34. The van der Waals surface area contributed by atoms with Crippen molar-refractivity contribution >= 4 is 5.91 Å². The van der Waals surface area contributed by atoms with Gasteiger partial charge in [-0.2, -0.15) is 0 Å². The molecule has 1 aliphatic heterocycles. The van der Waals surface area contributed by atoms with E-state index in [9.17, 15) is 14.3 Å². The van der Waals surface area contributed by atoms with Crippen LogP contribution >= 0.6 is 0 Å². The first-order chi connectivity index (χ1) is 10.6. The van der Waals surface area contributed by atoms with Gasteiger partial charge in [-0.3, -0.25) is 4.79 Å². The molecule has 1 fully saturated rings. The summed E-state index contributed by atoms with van der Waals surface area (Å²) in [6.07, 6.45) is 2.61. The summed E-state index contributed by atoms with van der Waals surface area (Å²) in [6, 6.07) is 9.54. The monoisotopic (exact) mass is 302 g/mol. The van der Waals surface area contributed by atoms with Crippen molar-refractivity contribution in [3.63, 3.8) is 0 Å². The minimum Gasteiger partial charge on any atom is -0.388 e. The zero-order chi connectivity index (χ0) is 15.5. The number of hydrogen-bond acceptors (Lipinski definition) is 2. The molecule has 1 aromatic heterocycles. The quantitative estimate of drug-likeness (QED) is 0.916. The highest BCUT2D eigenvalue weighted by molar-refractivity contribution is 5.92. The van der Waals surface area contributed by atoms with Gasteiger partial charge in [0.25, 0.3) is 5.91 Å². The van der Waals surface area contributed by atoms with Gasteiger partial charge in [0.2, 0.25) is 0 Å². The standard InChI is InChI=1S/C17H19FN2O2/c18-14-5-3-12(4-6-14)16(21)13-7-10-20(11-8-13)17(22)15-2-1-9-19-15/h1-6,9,13,16,19,21H,7-8,10-11H2. The molecule has 4 nitrogen and oxygen atoms in total. The summed E-state index contributed by atoms with van der Waals surface area (Å²) in [5.41, 5.74) is 1.33. The van der Waals surface area contributed by atoms with E-state index in [1.54, 1.807) is 35.4 Å². The van der Waals surface area contributed by atoms with E-state index in [0.717, 1.165) is 18.4 Å². The van der Waals surface area contributed by atoms with Gasteiger partial charge in [0.15, 0.2) is 0 Å². The summed E-state index contributed by atoms with van der Waals surface area (Å²) in [7, 11) is 0. The number of piperidine rings is 1. The van der Waals surface area contributed by atoms with Gasteiger partial charge in [0.05, 0.1) is 6.10 Å². The van der Waals surface area contributed by atoms with Crippen LogP contribution in [0.15, 0.2) is 42.6 Å². The van der Waals surface area contributed by atoms with Gasteiger partial charge in [-0.25, -0.2) is 4.39 Å². The summed E-state index contributed by atoms with van der Waals surface area (Å²) in [6.45, 7) is 1.25. The number of aliphatic hydroxyl groups is 1. The molecule has 1 saturated heterocycles. The Morgan fingerprint density at radius 2 is 1.91 bits per heavy atom. The predicted octanol–water partition coefficient (Wildman–Crippen LogP) is 2.74. The number of amides is 1. The van der Waals surface area contributed by atoms with Gasteiger partial charge in [-0.05, 0) is 48.6 Å². The fourth-order valence-corrected chi connectivity index (χ4v) is 2.98. The first-order valence-corrected chi connectivity index (χ1v) is 7.51. The molecule has 2 aromatic rings. The number of aromatic nitrogens is 1. The second kappa shape index (κ2) is 6.32. The smallest absolute Gasteiger partial charge is 0.270 e. The molecule has 0 bridgehead atoms. The number of rotatable bonds is 3. The van der Waals surface area contributed by atoms with Crippen LogP contribution in [0.25, 0.3) is 0 Å². The Morgan fingerprint density at radius 1 is 1.23 bits per heavy atom. The Bertz CT molecular complexity index is 617. The maximum Gasteiger partial charge on any atom is 0.270 e. The molecular weight excluding hydrogens is 283 g/mol. The Morgan fingerprint density at radius 3 is 2.50 bits per heavy atom. The van der Waals surface area contributed by atoms with Crippen molar-refractivity contribution in [1.29, 1.82) is 0 Å². The van der Waals surface area contributed by atoms with E-state index in [4.69, 9.17) is 0 Å². The minimum absolute atomic E-state index is 0.000257. The number of benzene rings is 1. The van der Waals surface area contributed by atoms with Gasteiger partial charge < -0.3 is 15.0 Å². The summed E-state index contributed by atoms with van der Waals surface area (Å²) in [5.74, 6) is -0.208. The van der Waals surface area contributed by atoms with E-state index >= 15 is 0 Å². The molecule has 0 aliphatic carbocycles. The SMILES string of the molecule is O=C(c1ccc[nH]1)N1CCC(C(O)c2ccc(F)cc2)CC1. The Hall–Kier alpha value is -2.14. The molecule has 0 radical (unpaired) electrons. The van der Waals surface area contributed by atoms with Crippen LogP contribution in [0.4, 0.5) is 4.39 Å². The number of nitrogens with zero attached hydrogens (tertiary/aromatic N) is 1. The number of nitrogens with one attached hydrogen (secondary N) is 1. The van der Waals surface area contributed by atoms with Crippen molar-refractivity contribution < 1.29 is 14.3 Å². The number of carbonyl (C=O) groups excluding carboxylic acids is 1. The average molecular weight is 302 g/mol. The lowest BCUT2D eigenvalue weighted by atomic mass is 9.87. The zero-order valence-electron chi connectivity index (χ0n) is 12.2. The summed E-state index contributed by atoms with van der Waals surface area (Å²) in [4.78, 5) is 17.0. The number of likely N-dealkylation sites (tertiary alicyclic amines) is 1. The highest BCUT2D eigenvalue weighted by atomic mass is 19.1. The molecule has 22 heavy (non-hydrogen) atoms. The molecule has 5 heteroatoms. The highest BCUT2D eigenvalue weighted by Gasteiger charge is 2.28. The molecule has 2 N–H and O–H groups in total. The second-order valence-electron chi connectivity index (χ2n) is 5.71. The Balaban J connectivity index is 1.59. The Labute approximate surface area is 128 Å². The third-order valence-corrected chi connectivity index (χ3v) is 4.31. The van der Waals surface area contributed by atoms with Crippen LogP contribution in [0.2, 0.25) is 0 Å². The third kappa shape index (κ3) is 3.04. The number of hydrogen-bond donors (Lipinski definition) is 2. The predicted molar refractivity (Wildman–Crippen MR) is 80.8 cm³/mol. The third-order valence-electron chi connectivity index (χ3n) is 4.31. The van der Waals surface area contributed by atoms with Crippen molar-refractivity contribution in [1.82, 2.24) is 9.88 Å². The van der Waals surface area contributed by atoms with Crippen LogP contribution in [0.1, 0.15) is 35.0 Å². The molecule has 116 valence electrons. The molecule has 2 heterocycles. The topological polar surface area (TPSA) is 56.3 Å². The number of H-pyrrole nitrogens is 1. The number of carbonyl (C=O) groups is 1. The number of halogens is 1. The van der Waals surface area contributed by atoms with Crippen molar-refractivity contribution in [3.05, 3.63) is 59.7 Å². The molecule has 3 rings (SSSR count). The van der Waals surface area contributed by atoms with Crippen LogP contribution in [0, 0.1) is 11.7 Å². The van der Waals surface area contributed by atoms with E-state index in [2.05, 4.69) is 4.98 Å². The van der Waals surface area contributed by atoms with Crippen LogP contribution < -0.4 is 0 Å². The normalized spacial score (nSPS) is 17.5. The number of aliphatic hydroxyl groups excluding tert-OH is 1. The Kier molecular flexibility index (Phi) is 4.24. The van der Waals surface area contributed by atoms with E-state index in [1.165, 1.54) is 12.1 Å². The van der Waals surface area contributed by atoms with Crippen LogP contribution in [-0.2, 0) is 0 Å². The molecule has 1 aliphatic rings. The van der Waals surface area contributed by atoms with E-state index in [0.29, 0.717) is 18.8 Å².